The van der Waals surface area contributed by atoms with Gasteiger partial charge in [-0.2, -0.15) is 0 Å². The molecular weight excluding hydrogens is 454 g/mol. The van der Waals surface area contributed by atoms with Gasteiger partial charge in [0.05, 0.1) is 11.1 Å². The average Bonchev–Trinajstić information content (AvgIpc) is 3.13. The highest BCUT2D eigenvalue weighted by molar-refractivity contribution is 9.10. The summed E-state index contributed by atoms with van der Waals surface area (Å²) in [6.45, 7) is 0. The number of hydrogen-bond donors (Lipinski definition) is 1. The first-order valence-electron chi connectivity index (χ1n) is 9.42. The molecule has 0 radical (unpaired) electrons. The van der Waals surface area contributed by atoms with Crippen molar-refractivity contribution >= 4 is 27.5 Å². The highest BCUT2D eigenvalue weighted by atomic mass is 79.9. The summed E-state index contributed by atoms with van der Waals surface area (Å²) in [6, 6.07) is 19.7. The third-order valence-corrected chi connectivity index (χ3v) is 6.92. The van der Waals surface area contributed by atoms with Crippen LogP contribution in [0.4, 0.5) is 0 Å². The molecule has 1 fully saturated rings. The van der Waals surface area contributed by atoms with Gasteiger partial charge in [0.1, 0.15) is 11.4 Å². The van der Waals surface area contributed by atoms with Gasteiger partial charge in [0, 0.05) is 29.8 Å². The van der Waals surface area contributed by atoms with Crippen molar-refractivity contribution in [3.63, 3.8) is 0 Å². The molecule has 5 rings (SSSR count). The predicted octanol–water partition coefficient (Wildman–Crippen LogP) is 5.18. The van der Waals surface area contributed by atoms with Gasteiger partial charge in [-0.05, 0) is 29.7 Å². The topological polar surface area (TPSA) is 51.6 Å². The third-order valence-electron chi connectivity index (χ3n) is 6.18. The van der Waals surface area contributed by atoms with Crippen molar-refractivity contribution < 1.29 is 14.6 Å². The van der Waals surface area contributed by atoms with Crippen molar-refractivity contribution in [2.45, 2.75) is 29.6 Å². The van der Waals surface area contributed by atoms with E-state index in [-0.39, 0.29) is 5.92 Å². The lowest BCUT2D eigenvalue weighted by molar-refractivity contribution is -0.159. The van der Waals surface area contributed by atoms with Crippen molar-refractivity contribution in [2.24, 2.45) is 0 Å². The number of halogens is 2. The van der Waals surface area contributed by atoms with E-state index in [1.807, 2.05) is 42.5 Å². The minimum Gasteiger partial charge on any atom is -0.476 e. The first-order chi connectivity index (χ1) is 14.0. The number of ether oxygens (including phenoxy) is 2. The van der Waals surface area contributed by atoms with Crippen molar-refractivity contribution in [2.75, 3.05) is 7.11 Å². The lowest BCUT2D eigenvalue weighted by Gasteiger charge is -2.40. The standard InChI is InChI=1S/C23H19BrClNO3/c1-28-20-12-18(14-5-3-2-4-6-14)23(15-7-9-16(24)10-8-15)22(20,27)21-19(29-23)11-17(25)13-26-21/h2-11,13,18,20,27H,12H2,1H3/t18-,20-,22+,23-/m0/s1. The van der Waals surface area contributed by atoms with Crippen LogP contribution in [0.25, 0.3) is 0 Å². The van der Waals surface area contributed by atoms with Gasteiger partial charge < -0.3 is 14.6 Å². The largest absolute Gasteiger partial charge is 0.476 e. The number of aliphatic hydroxyl groups is 1. The molecule has 0 amide bonds. The maximum absolute atomic E-state index is 12.3. The molecule has 1 saturated carbocycles. The van der Waals surface area contributed by atoms with Gasteiger partial charge in [-0.25, -0.2) is 0 Å². The van der Waals surface area contributed by atoms with Crippen LogP contribution >= 0.6 is 27.5 Å². The van der Waals surface area contributed by atoms with E-state index in [0.29, 0.717) is 22.9 Å². The van der Waals surface area contributed by atoms with E-state index in [0.717, 1.165) is 15.6 Å². The Balaban J connectivity index is 1.81. The zero-order chi connectivity index (χ0) is 20.2. The summed E-state index contributed by atoms with van der Waals surface area (Å²) in [4.78, 5) is 4.49. The smallest absolute Gasteiger partial charge is 0.181 e. The summed E-state index contributed by atoms with van der Waals surface area (Å²) in [5, 5.41) is 12.7. The van der Waals surface area contributed by atoms with Gasteiger partial charge in [0.15, 0.2) is 11.2 Å². The number of fused-ring (bicyclic) bond motifs is 3. The molecule has 148 valence electrons. The first kappa shape index (κ1) is 19.1. The van der Waals surface area contributed by atoms with E-state index >= 15 is 0 Å². The zero-order valence-corrected chi connectivity index (χ0v) is 18.0. The lowest BCUT2D eigenvalue weighted by Crippen LogP contribution is -2.52. The van der Waals surface area contributed by atoms with Crippen LogP contribution in [-0.2, 0) is 15.9 Å². The van der Waals surface area contributed by atoms with Crippen molar-refractivity contribution in [3.8, 4) is 5.75 Å². The highest BCUT2D eigenvalue weighted by Gasteiger charge is 2.74. The molecule has 4 atom stereocenters. The summed E-state index contributed by atoms with van der Waals surface area (Å²) >= 11 is 9.70. The van der Waals surface area contributed by atoms with Crippen LogP contribution < -0.4 is 4.74 Å². The molecule has 0 saturated heterocycles. The minimum atomic E-state index is -1.46. The summed E-state index contributed by atoms with van der Waals surface area (Å²) in [5.74, 6) is 0.346. The van der Waals surface area contributed by atoms with Crippen LogP contribution in [0.3, 0.4) is 0 Å². The van der Waals surface area contributed by atoms with Crippen LogP contribution in [0.1, 0.15) is 29.2 Å². The quantitative estimate of drug-likeness (QED) is 0.571. The summed E-state index contributed by atoms with van der Waals surface area (Å²) in [5.41, 5.74) is -0.140. The molecule has 0 unspecified atom stereocenters. The van der Waals surface area contributed by atoms with E-state index in [2.05, 4.69) is 33.0 Å². The van der Waals surface area contributed by atoms with E-state index in [1.165, 1.54) is 0 Å². The normalized spacial score (nSPS) is 29.9. The van der Waals surface area contributed by atoms with Gasteiger partial charge in [-0.3, -0.25) is 4.98 Å². The summed E-state index contributed by atoms with van der Waals surface area (Å²) in [7, 11) is 1.62. The Morgan fingerprint density at radius 2 is 1.90 bits per heavy atom. The van der Waals surface area contributed by atoms with E-state index in [4.69, 9.17) is 21.1 Å². The Morgan fingerprint density at radius 3 is 2.59 bits per heavy atom. The first-order valence-corrected chi connectivity index (χ1v) is 10.6. The van der Waals surface area contributed by atoms with Crippen LogP contribution in [-0.4, -0.2) is 23.3 Å². The van der Waals surface area contributed by atoms with Gasteiger partial charge in [-0.15, -0.1) is 0 Å². The fraction of sp³-hybridized carbons (Fsp3) is 0.261. The van der Waals surface area contributed by atoms with Crippen molar-refractivity contribution in [3.05, 3.63) is 93.2 Å². The molecule has 1 aromatic heterocycles. The number of nitrogens with zero attached hydrogens (tertiary/aromatic N) is 1. The second kappa shape index (κ2) is 6.81. The molecule has 0 bridgehead atoms. The summed E-state index contributed by atoms with van der Waals surface area (Å²) in [6.07, 6.45) is 1.64. The SMILES string of the molecule is CO[C@H]1C[C@@H](c2ccccc2)[C@]2(c3ccc(Br)cc3)Oc3cc(Cl)cnc3[C@]12O. The molecule has 1 N–H and O–H groups in total. The molecule has 2 aromatic carbocycles. The molecule has 2 heterocycles. The van der Waals surface area contributed by atoms with Gasteiger partial charge in [0.25, 0.3) is 0 Å². The third kappa shape index (κ3) is 2.55. The average molecular weight is 473 g/mol. The number of hydrogen-bond acceptors (Lipinski definition) is 4. The fourth-order valence-electron chi connectivity index (χ4n) is 4.99. The molecule has 29 heavy (non-hydrogen) atoms. The molecule has 1 aliphatic carbocycles. The second-order valence-corrected chi connectivity index (χ2v) is 8.89. The highest BCUT2D eigenvalue weighted by Crippen LogP contribution is 2.66. The van der Waals surface area contributed by atoms with Gasteiger partial charge in [0.2, 0.25) is 0 Å². The number of pyridine rings is 1. The summed E-state index contributed by atoms with van der Waals surface area (Å²) < 4.78 is 13.4. The van der Waals surface area contributed by atoms with Crippen molar-refractivity contribution in [1.82, 2.24) is 4.98 Å². The molecule has 2 aliphatic rings. The van der Waals surface area contributed by atoms with E-state index in [9.17, 15) is 5.11 Å². The van der Waals surface area contributed by atoms with Gasteiger partial charge in [-0.1, -0.05) is 70.0 Å². The number of benzene rings is 2. The van der Waals surface area contributed by atoms with Crippen LogP contribution in [0.2, 0.25) is 5.02 Å². The molecule has 1 aliphatic heterocycles. The molecule has 6 heteroatoms. The monoisotopic (exact) mass is 471 g/mol. The fourth-order valence-corrected chi connectivity index (χ4v) is 5.40. The molecular formula is C23H19BrClNO3. The number of rotatable bonds is 3. The number of methoxy groups -OCH3 is 1. The number of aromatic nitrogens is 1. The Morgan fingerprint density at radius 1 is 1.17 bits per heavy atom. The zero-order valence-electron chi connectivity index (χ0n) is 15.7. The van der Waals surface area contributed by atoms with Gasteiger partial charge >= 0.3 is 0 Å². The predicted molar refractivity (Wildman–Crippen MR) is 114 cm³/mol. The Labute approximate surface area is 182 Å². The molecule has 3 aromatic rings. The molecule has 0 spiro atoms. The lowest BCUT2D eigenvalue weighted by atomic mass is 9.72. The molecule has 4 nitrogen and oxygen atoms in total. The van der Waals surface area contributed by atoms with E-state index < -0.39 is 17.3 Å². The van der Waals surface area contributed by atoms with Crippen LogP contribution in [0.15, 0.2) is 71.3 Å². The minimum absolute atomic E-state index is 0.146. The van der Waals surface area contributed by atoms with Crippen LogP contribution in [0.5, 0.6) is 5.75 Å². The Bertz CT molecular complexity index is 1060. The maximum Gasteiger partial charge on any atom is 0.181 e. The van der Waals surface area contributed by atoms with Crippen molar-refractivity contribution in [1.29, 1.82) is 0 Å². The Hall–Kier alpha value is -1.92. The Kier molecular flexibility index (Phi) is 4.48. The van der Waals surface area contributed by atoms with E-state index in [1.54, 1.807) is 19.4 Å². The van der Waals surface area contributed by atoms with Crippen LogP contribution in [0, 0.1) is 0 Å². The maximum atomic E-state index is 12.3. The second-order valence-electron chi connectivity index (χ2n) is 7.53.